The summed E-state index contributed by atoms with van der Waals surface area (Å²) in [6.07, 6.45) is -3.19. The molecule has 0 fully saturated rings. The summed E-state index contributed by atoms with van der Waals surface area (Å²) in [6, 6.07) is 5.11. The molecule has 28 heavy (non-hydrogen) atoms. The summed E-state index contributed by atoms with van der Waals surface area (Å²) in [5.74, 6) is -4.10. The monoisotopic (exact) mass is 454 g/mol. The summed E-state index contributed by atoms with van der Waals surface area (Å²) >= 11 is 11.8. The van der Waals surface area contributed by atoms with E-state index >= 15 is 0 Å². The number of rotatable bonds is 4. The van der Waals surface area contributed by atoms with Crippen LogP contribution in [0.25, 0.3) is 22.4 Å². The van der Waals surface area contributed by atoms with Gasteiger partial charge in [-0.3, -0.25) is 0 Å². The van der Waals surface area contributed by atoms with Gasteiger partial charge in [0.2, 0.25) is 15.8 Å². The fourth-order valence-corrected chi connectivity index (χ4v) is 3.78. The molecule has 0 atom stereocenters. The highest BCUT2D eigenvalue weighted by Gasteiger charge is 2.29. The number of primary sulfonamides is 1. The fourth-order valence-electron chi connectivity index (χ4n) is 2.59. The number of aromatic nitrogens is 1. The zero-order valence-corrected chi connectivity index (χ0v) is 15.7. The van der Waals surface area contributed by atoms with Crippen LogP contribution < -0.4 is 5.14 Å². The Morgan fingerprint density at radius 1 is 0.964 bits per heavy atom. The van der Waals surface area contributed by atoms with Crippen LogP contribution in [0.15, 0.2) is 39.8 Å². The van der Waals surface area contributed by atoms with Gasteiger partial charge in [0.25, 0.3) is 6.43 Å². The van der Waals surface area contributed by atoms with Crippen LogP contribution in [-0.2, 0) is 10.0 Å². The van der Waals surface area contributed by atoms with Crippen LogP contribution in [0, 0.1) is 11.6 Å². The SMILES string of the molecule is NS(=O)(=O)c1c(F)cc(-c2c(-c3cc(Cl)cc(Cl)c3)noc2C(F)F)cc1F. The van der Waals surface area contributed by atoms with Crippen molar-refractivity contribution in [3.05, 3.63) is 57.8 Å². The Balaban J connectivity index is 2.31. The number of hydrogen-bond donors (Lipinski definition) is 1. The van der Waals surface area contributed by atoms with E-state index in [0.717, 1.165) is 0 Å². The van der Waals surface area contributed by atoms with Crippen molar-refractivity contribution in [2.24, 2.45) is 5.14 Å². The van der Waals surface area contributed by atoms with Gasteiger partial charge in [0, 0.05) is 15.6 Å². The first-order chi connectivity index (χ1) is 13.0. The number of alkyl halides is 2. The fraction of sp³-hybridized carbons (Fsp3) is 0.0625. The van der Waals surface area contributed by atoms with E-state index in [0.29, 0.717) is 12.1 Å². The van der Waals surface area contributed by atoms with Gasteiger partial charge >= 0.3 is 0 Å². The average molecular weight is 455 g/mol. The maximum absolute atomic E-state index is 14.2. The number of sulfonamides is 1. The average Bonchev–Trinajstić information content (AvgIpc) is 2.96. The number of hydrogen-bond acceptors (Lipinski definition) is 4. The van der Waals surface area contributed by atoms with Crippen molar-refractivity contribution in [1.29, 1.82) is 0 Å². The molecule has 0 aliphatic carbocycles. The van der Waals surface area contributed by atoms with E-state index in [9.17, 15) is 26.0 Å². The minimum atomic E-state index is -4.72. The second kappa shape index (κ2) is 7.36. The highest BCUT2D eigenvalue weighted by molar-refractivity contribution is 7.89. The first kappa shape index (κ1) is 20.6. The van der Waals surface area contributed by atoms with E-state index in [4.69, 9.17) is 28.3 Å². The van der Waals surface area contributed by atoms with Crippen molar-refractivity contribution in [3.8, 4) is 22.4 Å². The zero-order valence-electron chi connectivity index (χ0n) is 13.4. The molecule has 0 saturated carbocycles. The number of nitrogens with two attached hydrogens (primary N) is 1. The lowest BCUT2D eigenvalue weighted by molar-refractivity contribution is 0.113. The molecule has 2 N–H and O–H groups in total. The summed E-state index contributed by atoms with van der Waals surface area (Å²) in [5, 5.41) is 8.61. The molecule has 2 aromatic carbocycles. The van der Waals surface area contributed by atoms with E-state index < -0.39 is 49.9 Å². The van der Waals surface area contributed by atoms with Gasteiger partial charge in [0.05, 0.1) is 5.56 Å². The van der Waals surface area contributed by atoms with Crippen LogP contribution >= 0.6 is 23.2 Å². The smallest absolute Gasteiger partial charge is 0.298 e. The highest BCUT2D eigenvalue weighted by atomic mass is 35.5. The third kappa shape index (κ3) is 3.86. The molecular weight excluding hydrogens is 447 g/mol. The predicted molar refractivity (Wildman–Crippen MR) is 93.6 cm³/mol. The van der Waals surface area contributed by atoms with Crippen molar-refractivity contribution in [1.82, 2.24) is 5.16 Å². The third-order valence-corrected chi connectivity index (χ3v) is 5.02. The van der Waals surface area contributed by atoms with E-state index in [2.05, 4.69) is 9.68 Å². The van der Waals surface area contributed by atoms with Gasteiger partial charge in [-0.1, -0.05) is 28.4 Å². The molecule has 3 rings (SSSR count). The summed E-state index contributed by atoms with van der Waals surface area (Å²) in [6.45, 7) is 0. The van der Waals surface area contributed by atoms with Crippen molar-refractivity contribution in [2.75, 3.05) is 0 Å². The molecule has 0 amide bonds. The standard InChI is InChI=1S/C16H8Cl2F4N2O3S/c17-8-1-7(2-9(18)5-8)13-12(14(16(21)22)27-24-13)6-3-10(19)15(11(20)4-6)28(23,25)26/h1-5,16H,(H2,23,25,26). The molecule has 148 valence electrons. The molecule has 3 aromatic rings. The second-order valence-electron chi connectivity index (χ2n) is 5.54. The Morgan fingerprint density at radius 2 is 1.50 bits per heavy atom. The summed E-state index contributed by atoms with van der Waals surface area (Å²) in [7, 11) is -4.72. The first-order valence-corrected chi connectivity index (χ1v) is 9.55. The number of halogens is 6. The van der Waals surface area contributed by atoms with Crippen molar-refractivity contribution in [3.63, 3.8) is 0 Å². The Morgan fingerprint density at radius 3 is 1.96 bits per heavy atom. The molecule has 0 aliphatic heterocycles. The van der Waals surface area contributed by atoms with Crippen LogP contribution in [0.1, 0.15) is 12.2 Å². The van der Waals surface area contributed by atoms with E-state index in [1.54, 1.807) is 0 Å². The largest absolute Gasteiger partial charge is 0.354 e. The maximum atomic E-state index is 14.2. The molecule has 0 radical (unpaired) electrons. The van der Waals surface area contributed by atoms with Crippen molar-refractivity contribution < 1.29 is 30.5 Å². The lowest BCUT2D eigenvalue weighted by Gasteiger charge is -2.09. The van der Waals surface area contributed by atoms with Crippen LogP contribution in [0.5, 0.6) is 0 Å². The van der Waals surface area contributed by atoms with E-state index in [1.165, 1.54) is 18.2 Å². The molecule has 1 aromatic heterocycles. The summed E-state index contributed by atoms with van der Waals surface area (Å²) < 4.78 is 82.5. The molecule has 0 unspecified atom stereocenters. The zero-order chi connectivity index (χ0) is 20.8. The lowest BCUT2D eigenvalue weighted by Crippen LogP contribution is -2.16. The van der Waals surface area contributed by atoms with Gasteiger partial charge in [-0.05, 0) is 35.9 Å². The third-order valence-electron chi connectivity index (χ3n) is 3.62. The molecule has 0 saturated heterocycles. The van der Waals surface area contributed by atoms with Crippen LogP contribution in [0.3, 0.4) is 0 Å². The summed E-state index contributed by atoms with van der Waals surface area (Å²) in [5.41, 5.74) is -0.974. The maximum Gasteiger partial charge on any atom is 0.298 e. The van der Waals surface area contributed by atoms with E-state index in [-0.39, 0.29) is 21.3 Å². The second-order valence-corrected chi connectivity index (χ2v) is 7.91. The molecule has 0 spiro atoms. The van der Waals surface area contributed by atoms with Gasteiger partial charge in [-0.2, -0.15) is 0 Å². The quantitative estimate of drug-likeness (QED) is 0.550. The Hall–Kier alpha value is -2.14. The molecular formula is C16H8Cl2F4N2O3S. The molecule has 0 bridgehead atoms. The molecule has 0 aliphatic rings. The minimum absolute atomic E-state index is 0.138. The predicted octanol–water partition coefficient (Wildman–Crippen LogP) is 5.18. The molecule has 1 heterocycles. The van der Waals surface area contributed by atoms with Crippen LogP contribution in [0.2, 0.25) is 10.0 Å². The van der Waals surface area contributed by atoms with Crippen molar-refractivity contribution >= 4 is 33.2 Å². The van der Waals surface area contributed by atoms with Crippen LogP contribution in [0.4, 0.5) is 17.6 Å². The minimum Gasteiger partial charge on any atom is -0.354 e. The summed E-state index contributed by atoms with van der Waals surface area (Å²) in [4.78, 5) is -1.39. The van der Waals surface area contributed by atoms with Crippen molar-refractivity contribution in [2.45, 2.75) is 11.3 Å². The van der Waals surface area contributed by atoms with E-state index in [1.807, 2.05) is 0 Å². The Labute approximate surface area is 165 Å². The topological polar surface area (TPSA) is 86.2 Å². The van der Waals surface area contributed by atoms with Crippen LogP contribution in [-0.4, -0.2) is 13.6 Å². The highest BCUT2D eigenvalue weighted by Crippen LogP contribution is 2.41. The van der Waals surface area contributed by atoms with Gasteiger partial charge in [-0.15, -0.1) is 0 Å². The normalized spacial score (nSPS) is 12.0. The lowest BCUT2D eigenvalue weighted by atomic mass is 9.99. The van der Waals surface area contributed by atoms with Gasteiger partial charge in [0.15, 0.2) is 4.90 Å². The van der Waals surface area contributed by atoms with Gasteiger partial charge < -0.3 is 4.52 Å². The molecule has 5 nitrogen and oxygen atoms in total. The first-order valence-electron chi connectivity index (χ1n) is 7.25. The van der Waals surface area contributed by atoms with Gasteiger partial charge in [0.1, 0.15) is 17.3 Å². The number of nitrogens with zero attached hydrogens (tertiary/aromatic N) is 1. The molecule has 12 heteroatoms. The number of benzene rings is 2. The van der Waals surface area contributed by atoms with Gasteiger partial charge in [-0.25, -0.2) is 31.1 Å². The Bertz CT molecular complexity index is 1140. The Kier molecular flexibility index (Phi) is 5.41.